The van der Waals surface area contributed by atoms with E-state index in [2.05, 4.69) is 0 Å². The highest BCUT2D eigenvalue weighted by Crippen LogP contribution is 2.29. The van der Waals surface area contributed by atoms with Crippen LogP contribution in [0.3, 0.4) is 0 Å². The summed E-state index contributed by atoms with van der Waals surface area (Å²) in [5, 5.41) is 0. The van der Waals surface area contributed by atoms with Gasteiger partial charge in [-0.1, -0.05) is 30.3 Å². The molecule has 0 N–H and O–H groups in total. The summed E-state index contributed by atoms with van der Waals surface area (Å²) in [4.78, 5) is 26.8. The van der Waals surface area contributed by atoms with Crippen molar-refractivity contribution >= 4 is 17.6 Å². The quantitative estimate of drug-likeness (QED) is 0.454. The van der Waals surface area contributed by atoms with E-state index in [0.717, 1.165) is 28.2 Å². The molecule has 0 aliphatic carbocycles. The summed E-state index contributed by atoms with van der Waals surface area (Å²) < 4.78 is 39.4. The van der Waals surface area contributed by atoms with Crippen LogP contribution in [0.1, 0.15) is 31.1 Å². The number of amides is 1. The highest BCUT2D eigenvalue weighted by Gasteiger charge is 2.28. The summed E-state index contributed by atoms with van der Waals surface area (Å²) >= 11 is 0. The molecule has 0 unspecified atom stereocenters. The number of methoxy groups -OCH3 is 1. The lowest BCUT2D eigenvalue weighted by atomic mass is 10.0. The average molecular weight is 453 g/mol. The fourth-order valence-corrected chi connectivity index (χ4v) is 3.28. The average Bonchev–Trinajstić information content (AvgIpc) is 2.76. The van der Waals surface area contributed by atoms with Crippen molar-refractivity contribution in [3.63, 3.8) is 0 Å². The van der Waals surface area contributed by atoms with Gasteiger partial charge < -0.3 is 9.47 Å². The van der Waals surface area contributed by atoms with Gasteiger partial charge in [0.15, 0.2) is 0 Å². The van der Waals surface area contributed by atoms with Crippen molar-refractivity contribution in [1.29, 1.82) is 0 Å². The van der Waals surface area contributed by atoms with E-state index in [4.69, 9.17) is 9.47 Å². The van der Waals surface area contributed by atoms with Crippen LogP contribution < -0.4 is 9.64 Å². The van der Waals surface area contributed by atoms with E-state index in [1.54, 1.807) is 52.1 Å². The maximum absolute atomic E-state index is 14.4. The largest absolute Gasteiger partial charge is 0.497 e. The van der Waals surface area contributed by atoms with Gasteiger partial charge in [0.1, 0.15) is 35.1 Å². The monoisotopic (exact) mass is 453 g/mol. The normalized spacial score (nSPS) is 11.1. The standard InChI is InChI=1S/C26H25F2NO4/c1-26(2,3)33-23(30)16-29(25(31)24-21(27)12-7-13-22(24)28)19-10-5-8-17(14-19)18-9-6-11-20(15-18)32-4/h5-15H,16H2,1-4H3. The van der Waals surface area contributed by atoms with Crippen LogP contribution >= 0.6 is 0 Å². The summed E-state index contributed by atoms with van der Waals surface area (Å²) in [7, 11) is 1.56. The van der Waals surface area contributed by atoms with Crippen molar-refractivity contribution in [3.8, 4) is 16.9 Å². The molecule has 0 fully saturated rings. The number of anilines is 1. The van der Waals surface area contributed by atoms with Gasteiger partial charge in [0, 0.05) is 5.69 Å². The fourth-order valence-electron chi connectivity index (χ4n) is 3.28. The van der Waals surface area contributed by atoms with Crippen LogP contribution in [-0.4, -0.2) is 31.1 Å². The molecule has 0 aliphatic rings. The second-order valence-electron chi connectivity index (χ2n) is 8.36. The molecule has 172 valence electrons. The maximum Gasteiger partial charge on any atom is 0.326 e. The molecule has 7 heteroatoms. The first kappa shape index (κ1) is 23.9. The topological polar surface area (TPSA) is 55.8 Å². The van der Waals surface area contributed by atoms with Gasteiger partial charge in [0.25, 0.3) is 5.91 Å². The lowest BCUT2D eigenvalue weighted by Gasteiger charge is -2.26. The first-order valence-electron chi connectivity index (χ1n) is 10.3. The smallest absolute Gasteiger partial charge is 0.326 e. The molecule has 3 rings (SSSR count). The van der Waals surface area contributed by atoms with Crippen molar-refractivity contribution < 1.29 is 27.8 Å². The van der Waals surface area contributed by atoms with E-state index >= 15 is 0 Å². The predicted molar refractivity (Wildman–Crippen MR) is 122 cm³/mol. The number of halogens is 2. The van der Waals surface area contributed by atoms with E-state index in [-0.39, 0.29) is 5.69 Å². The van der Waals surface area contributed by atoms with Gasteiger partial charge >= 0.3 is 5.97 Å². The van der Waals surface area contributed by atoms with E-state index < -0.39 is 41.2 Å². The Kier molecular flexibility index (Phi) is 7.11. The van der Waals surface area contributed by atoms with Crippen molar-refractivity contribution in [2.24, 2.45) is 0 Å². The number of ether oxygens (including phenoxy) is 2. The van der Waals surface area contributed by atoms with Crippen LogP contribution in [0.5, 0.6) is 5.75 Å². The van der Waals surface area contributed by atoms with E-state index in [0.29, 0.717) is 5.75 Å². The van der Waals surface area contributed by atoms with Gasteiger partial charge in [-0.05, 0) is 68.3 Å². The van der Waals surface area contributed by atoms with Crippen LogP contribution in [0, 0.1) is 11.6 Å². The van der Waals surface area contributed by atoms with Gasteiger partial charge in [-0.3, -0.25) is 14.5 Å². The zero-order valence-corrected chi connectivity index (χ0v) is 18.9. The molecule has 0 aliphatic heterocycles. The summed E-state index contributed by atoms with van der Waals surface area (Å²) in [6, 6.07) is 17.2. The molecule has 0 saturated carbocycles. The molecule has 3 aromatic carbocycles. The Hall–Kier alpha value is -3.74. The first-order chi connectivity index (χ1) is 15.6. The van der Waals surface area contributed by atoms with Gasteiger partial charge in [0.2, 0.25) is 0 Å². The summed E-state index contributed by atoms with van der Waals surface area (Å²) in [5.74, 6) is -3.08. The van der Waals surface area contributed by atoms with E-state index in [1.807, 2.05) is 24.3 Å². The molecule has 1 amide bonds. The predicted octanol–water partition coefficient (Wildman–Crippen LogP) is 5.63. The van der Waals surface area contributed by atoms with Gasteiger partial charge in [-0.2, -0.15) is 0 Å². The Labute approximate surface area is 191 Å². The molecule has 0 heterocycles. The number of carbonyl (C=O) groups is 2. The molecule has 5 nitrogen and oxygen atoms in total. The number of hydrogen-bond donors (Lipinski definition) is 0. The van der Waals surface area contributed by atoms with Crippen molar-refractivity contribution in [2.75, 3.05) is 18.6 Å². The Balaban J connectivity index is 2.05. The van der Waals surface area contributed by atoms with Gasteiger partial charge in [-0.15, -0.1) is 0 Å². The Bertz CT molecular complexity index is 1150. The molecule has 0 saturated heterocycles. The summed E-state index contributed by atoms with van der Waals surface area (Å²) in [6.45, 7) is 4.55. The van der Waals surface area contributed by atoms with Gasteiger partial charge in [0.05, 0.1) is 7.11 Å². The highest BCUT2D eigenvalue weighted by molar-refractivity contribution is 6.09. The molecule has 0 bridgehead atoms. The molecular weight excluding hydrogens is 428 g/mol. The number of benzene rings is 3. The summed E-state index contributed by atoms with van der Waals surface area (Å²) in [6.07, 6.45) is 0. The number of rotatable bonds is 6. The number of carbonyl (C=O) groups excluding carboxylic acids is 2. The van der Waals surface area contributed by atoms with E-state index in [9.17, 15) is 18.4 Å². The van der Waals surface area contributed by atoms with Crippen LogP contribution in [0.25, 0.3) is 11.1 Å². The highest BCUT2D eigenvalue weighted by atomic mass is 19.1. The molecular formula is C26H25F2NO4. The minimum atomic E-state index is -1.02. The minimum Gasteiger partial charge on any atom is -0.497 e. The third-order valence-electron chi connectivity index (χ3n) is 4.69. The lowest BCUT2D eigenvalue weighted by Crippen LogP contribution is -2.39. The SMILES string of the molecule is COc1cccc(-c2cccc(N(CC(=O)OC(C)(C)C)C(=O)c3c(F)cccc3F)c2)c1. The van der Waals surface area contributed by atoms with Crippen LogP contribution in [-0.2, 0) is 9.53 Å². The summed E-state index contributed by atoms with van der Waals surface area (Å²) in [5.41, 5.74) is 0.277. The zero-order chi connectivity index (χ0) is 24.2. The fraction of sp³-hybridized carbons (Fsp3) is 0.231. The molecule has 0 aromatic heterocycles. The Morgan fingerprint density at radius 1 is 0.879 bits per heavy atom. The number of esters is 1. The molecule has 0 spiro atoms. The van der Waals surface area contributed by atoms with Crippen molar-refractivity contribution in [1.82, 2.24) is 0 Å². The molecule has 0 atom stereocenters. The van der Waals surface area contributed by atoms with Crippen LogP contribution in [0.2, 0.25) is 0 Å². The van der Waals surface area contributed by atoms with Crippen molar-refractivity contribution in [2.45, 2.75) is 26.4 Å². The second-order valence-corrected chi connectivity index (χ2v) is 8.36. The molecule has 0 radical (unpaired) electrons. The molecule has 3 aromatic rings. The minimum absolute atomic E-state index is 0.286. The Morgan fingerprint density at radius 3 is 2.06 bits per heavy atom. The second kappa shape index (κ2) is 9.81. The van der Waals surface area contributed by atoms with Gasteiger partial charge in [-0.25, -0.2) is 8.78 Å². The van der Waals surface area contributed by atoms with Crippen molar-refractivity contribution in [3.05, 3.63) is 83.9 Å². The number of hydrogen-bond acceptors (Lipinski definition) is 4. The van der Waals surface area contributed by atoms with E-state index in [1.165, 1.54) is 6.07 Å². The maximum atomic E-state index is 14.4. The van der Waals surface area contributed by atoms with Crippen LogP contribution in [0.15, 0.2) is 66.7 Å². The first-order valence-corrected chi connectivity index (χ1v) is 10.3. The zero-order valence-electron chi connectivity index (χ0n) is 18.9. The third kappa shape index (κ3) is 5.94. The number of nitrogens with zero attached hydrogens (tertiary/aromatic N) is 1. The molecule has 33 heavy (non-hydrogen) atoms. The lowest BCUT2D eigenvalue weighted by molar-refractivity contribution is -0.152. The third-order valence-corrected chi connectivity index (χ3v) is 4.69. The van der Waals surface area contributed by atoms with Crippen LogP contribution in [0.4, 0.5) is 14.5 Å². The Morgan fingerprint density at radius 2 is 1.45 bits per heavy atom.